The normalized spacial score (nSPS) is 15.4. The molecule has 32 heavy (non-hydrogen) atoms. The van der Waals surface area contributed by atoms with Crippen molar-refractivity contribution in [1.29, 1.82) is 0 Å². The van der Waals surface area contributed by atoms with Crippen molar-refractivity contribution in [2.24, 2.45) is 5.92 Å². The van der Waals surface area contributed by atoms with E-state index in [1.54, 1.807) is 11.1 Å². The SMILES string of the molecule is Cc1ccc(C(=O)N2CCCC(C(=O)Nc3cccc(C#Cc4ccccn4)c3)C2)cc1. The number of anilines is 1. The van der Waals surface area contributed by atoms with Crippen molar-refractivity contribution in [2.45, 2.75) is 19.8 Å². The number of aryl methyl sites for hydroxylation is 1. The molecule has 1 aliphatic heterocycles. The molecule has 2 aromatic carbocycles. The number of rotatable bonds is 3. The first-order chi connectivity index (χ1) is 15.6. The number of aromatic nitrogens is 1. The van der Waals surface area contributed by atoms with Crippen molar-refractivity contribution < 1.29 is 9.59 Å². The van der Waals surface area contributed by atoms with Crippen LogP contribution >= 0.6 is 0 Å². The third-order valence-corrected chi connectivity index (χ3v) is 5.51. The number of carbonyl (C=O) groups is 2. The van der Waals surface area contributed by atoms with Crippen LogP contribution in [-0.4, -0.2) is 34.8 Å². The quantitative estimate of drug-likeness (QED) is 0.640. The van der Waals surface area contributed by atoms with Crippen LogP contribution < -0.4 is 5.32 Å². The van der Waals surface area contributed by atoms with E-state index in [1.165, 1.54) is 0 Å². The van der Waals surface area contributed by atoms with Crippen LogP contribution in [0.25, 0.3) is 0 Å². The third kappa shape index (κ3) is 5.41. The zero-order chi connectivity index (χ0) is 22.3. The molecule has 1 N–H and O–H groups in total. The minimum absolute atomic E-state index is 0.0192. The summed E-state index contributed by atoms with van der Waals surface area (Å²) in [5.74, 6) is 5.78. The maximum atomic E-state index is 12.9. The van der Waals surface area contributed by atoms with Crippen molar-refractivity contribution >= 4 is 17.5 Å². The first-order valence-electron chi connectivity index (χ1n) is 10.8. The summed E-state index contributed by atoms with van der Waals surface area (Å²) in [7, 11) is 0. The fourth-order valence-electron chi connectivity index (χ4n) is 3.75. The lowest BCUT2D eigenvalue weighted by molar-refractivity contribution is -0.121. The molecule has 1 saturated heterocycles. The largest absolute Gasteiger partial charge is 0.338 e. The predicted octanol–water partition coefficient (Wildman–Crippen LogP) is 4.28. The summed E-state index contributed by atoms with van der Waals surface area (Å²) in [6, 6.07) is 20.6. The molecule has 1 unspecified atom stereocenters. The maximum Gasteiger partial charge on any atom is 0.253 e. The van der Waals surface area contributed by atoms with Crippen LogP contribution in [0.4, 0.5) is 5.69 Å². The van der Waals surface area contributed by atoms with Gasteiger partial charge in [-0.1, -0.05) is 35.7 Å². The molecule has 0 radical (unpaired) electrons. The minimum Gasteiger partial charge on any atom is -0.338 e. The molecule has 1 aliphatic rings. The number of likely N-dealkylation sites (tertiary alicyclic amines) is 1. The summed E-state index contributed by atoms with van der Waals surface area (Å²) in [6.45, 7) is 3.10. The average Bonchev–Trinajstić information content (AvgIpc) is 2.84. The Bertz CT molecular complexity index is 1160. The van der Waals surface area contributed by atoms with Gasteiger partial charge in [-0.05, 0) is 68.2 Å². The summed E-state index contributed by atoms with van der Waals surface area (Å²) < 4.78 is 0. The summed E-state index contributed by atoms with van der Waals surface area (Å²) in [5.41, 5.74) is 3.97. The Labute approximate surface area is 188 Å². The highest BCUT2D eigenvalue weighted by Gasteiger charge is 2.29. The van der Waals surface area contributed by atoms with Crippen molar-refractivity contribution in [2.75, 3.05) is 18.4 Å². The Morgan fingerprint density at radius 3 is 2.66 bits per heavy atom. The van der Waals surface area contributed by atoms with E-state index >= 15 is 0 Å². The van der Waals surface area contributed by atoms with E-state index in [0.717, 1.165) is 24.0 Å². The van der Waals surface area contributed by atoms with Crippen LogP contribution in [0.1, 0.15) is 40.0 Å². The molecule has 0 aliphatic carbocycles. The van der Waals surface area contributed by atoms with Gasteiger partial charge in [0.1, 0.15) is 5.69 Å². The molecule has 0 saturated carbocycles. The van der Waals surface area contributed by atoms with E-state index in [4.69, 9.17) is 0 Å². The second-order valence-electron chi connectivity index (χ2n) is 7.99. The van der Waals surface area contributed by atoms with Crippen LogP contribution in [-0.2, 0) is 4.79 Å². The lowest BCUT2D eigenvalue weighted by Gasteiger charge is -2.32. The standard InChI is InChI=1S/C27H25N3O2/c1-20-10-13-22(14-11-20)27(32)30-17-5-7-23(19-30)26(31)29-25-9-4-6-21(18-25)12-15-24-8-2-3-16-28-24/h2-4,6,8-11,13-14,16,18,23H,5,7,17,19H2,1H3,(H,29,31). The van der Waals surface area contributed by atoms with Crippen LogP contribution in [0, 0.1) is 24.7 Å². The van der Waals surface area contributed by atoms with Gasteiger partial charge in [0.15, 0.2) is 0 Å². The fraction of sp³-hybridized carbons (Fsp3) is 0.222. The van der Waals surface area contributed by atoms with Crippen LogP contribution in [0.3, 0.4) is 0 Å². The van der Waals surface area contributed by atoms with Crippen molar-refractivity contribution in [3.05, 3.63) is 95.3 Å². The van der Waals surface area contributed by atoms with Gasteiger partial charge in [0, 0.05) is 36.1 Å². The molecule has 1 atom stereocenters. The van der Waals surface area contributed by atoms with Crippen molar-refractivity contribution in [3.63, 3.8) is 0 Å². The molecule has 5 heteroatoms. The summed E-state index contributed by atoms with van der Waals surface area (Å²) in [5, 5.41) is 3.00. The van der Waals surface area contributed by atoms with E-state index in [0.29, 0.717) is 30.0 Å². The molecule has 0 spiro atoms. The highest BCUT2D eigenvalue weighted by Crippen LogP contribution is 2.21. The van der Waals surface area contributed by atoms with Gasteiger partial charge < -0.3 is 10.2 Å². The molecule has 2 amide bonds. The number of nitrogens with one attached hydrogen (secondary N) is 1. The highest BCUT2D eigenvalue weighted by molar-refractivity contribution is 5.96. The average molecular weight is 424 g/mol. The summed E-state index contributed by atoms with van der Waals surface area (Å²) in [6.07, 6.45) is 3.28. The zero-order valence-electron chi connectivity index (χ0n) is 18.0. The summed E-state index contributed by atoms with van der Waals surface area (Å²) in [4.78, 5) is 31.7. The molecule has 0 bridgehead atoms. The number of amides is 2. The van der Waals surface area contributed by atoms with E-state index < -0.39 is 0 Å². The smallest absolute Gasteiger partial charge is 0.253 e. The van der Waals surface area contributed by atoms with Gasteiger partial charge in [0.25, 0.3) is 5.91 Å². The first-order valence-corrected chi connectivity index (χ1v) is 10.8. The molecule has 1 aromatic heterocycles. The van der Waals surface area contributed by atoms with Crippen LogP contribution in [0.15, 0.2) is 72.9 Å². The second-order valence-corrected chi connectivity index (χ2v) is 7.99. The van der Waals surface area contributed by atoms with Crippen molar-refractivity contribution in [1.82, 2.24) is 9.88 Å². The van der Waals surface area contributed by atoms with E-state index in [9.17, 15) is 9.59 Å². The number of hydrogen-bond acceptors (Lipinski definition) is 3. The molecule has 5 nitrogen and oxygen atoms in total. The second kappa shape index (κ2) is 9.93. The van der Waals surface area contributed by atoms with E-state index in [1.807, 2.05) is 73.7 Å². The van der Waals surface area contributed by atoms with Gasteiger partial charge >= 0.3 is 0 Å². The zero-order valence-corrected chi connectivity index (χ0v) is 18.0. The fourth-order valence-corrected chi connectivity index (χ4v) is 3.75. The van der Waals surface area contributed by atoms with Gasteiger partial charge in [0.2, 0.25) is 5.91 Å². The third-order valence-electron chi connectivity index (χ3n) is 5.51. The number of hydrogen-bond donors (Lipinski definition) is 1. The molecule has 160 valence electrons. The first kappa shape index (κ1) is 21.3. The van der Waals surface area contributed by atoms with Gasteiger partial charge in [0.05, 0.1) is 5.92 Å². The van der Waals surface area contributed by atoms with E-state index in [-0.39, 0.29) is 17.7 Å². The van der Waals surface area contributed by atoms with Gasteiger partial charge in [-0.25, -0.2) is 4.98 Å². The number of benzene rings is 2. The Balaban J connectivity index is 1.40. The molecule has 2 heterocycles. The summed E-state index contributed by atoms with van der Waals surface area (Å²) >= 11 is 0. The monoisotopic (exact) mass is 423 g/mol. The Morgan fingerprint density at radius 1 is 1.03 bits per heavy atom. The van der Waals surface area contributed by atoms with Crippen LogP contribution in [0.2, 0.25) is 0 Å². The Morgan fingerprint density at radius 2 is 1.88 bits per heavy atom. The van der Waals surface area contributed by atoms with Crippen LogP contribution in [0.5, 0.6) is 0 Å². The van der Waals surface area contributed by atoms with Gasteiger partial charge in [-0.3, -0.25) is 9.59 Å². The molecular formula is C27H25N3O2. The van der Waals surface area contributed by atoms with Gasteiger partial charge in [-0.2, -0.15) is 0 Å². The molecule has 4 rings (SSSR count). The minimum atomic E-state index is -0.235. The Kier molecular flexibility index (Phi) is 6.62. The molecule has 3 aromatic rings. The van der Waals surface area contributed by atoms with Gasteiger partial charge in [-0.15, -0.1) is 0 Å². The van der Waals surface area contributed by atoms with Crippen molar-refractivity contribution in [3.8, 4) is 11.8 Å². The lowest BCUT2D eigenvalue weighted by Crippen LogP contribution is -2.43. The Hall–Kier alpha value is -3.91. The lowest BCUT2D eigenvalue weighted by atomic mass is 9.96. The number of nitrogens with zero attached hydrogens (tertiary/aromatic N) is 2. The molecule has 1 fully saturated rings. The number of carbonyl (C=O) groups excluding carboxylic acids is 2. The number of piperidine rings is 1. The number of pyridine rings is 1. The topological polar surface area (TPSA) is 62.3 Å². The molecular weight excluding hydrogens is 398 g/mol. The highest BCUT2D eigenvalue weighted by atomic mass is 16.2. The van der Waals surface area contributed by atoms with E-state index in [2.05, 4.69) is 22.1 Å². The maximum absolute atomic E-state index is 12.9. The predicted molar refractivity (Wildman–Crippen MR) is 125 cm³/mol.